The lowest BCUT2D eigenvalue weighted by atomic mass is 9.79. The Morgan fingerprint density at radius 3 is 2.17 bits per heavy atom. The van der Waals surface area contributed by atoms with Gasteiger partial charge in [0.1, 0.15) is 5.76 Å². The smallest absolute Gasteiger partial charge is 0.261 e. The molecule has 0 bridgehead atoms. The van der Waals surface area contributed by atoms with Gasteiger partial charge in [-0.05, 0) is 26.3 Å². The number of nitrogens with zero attached hydrogens (tertiary/aromatic N) is 1. The number of ketones is 1. The normalized spacial score (nSPS) is 16.4. The van der Waals surface area contributed by atoms with Gasteiger partial charge >= 0.3 is 0 Å². The molecule has 1 aromatic carbocycles. The molecule has 124 valence electrons. The summed E-state index contributed by atoms with van der Waals surface area (Å²) in [6.45, 7) is 11.0. The van der Waals surface area contributed by atoms with E-state index in [0.29, 0.717) is 11.3 Å². The van der Waals surface area contributed by atoms with E-state index < -0.39 is 11.0 Å². The molecule has 0 unspecified atom stereocenters. The highest BCUT2D eigenvalue weighted by Gasteiger charge is 2.45. The molecule has 0 saturated carbocycles. The average Bonchev–Trinajstić information content (AvgIpc) is 2.46. The van der Waals surface area contributed by atoms with E-state index in [2.05, 4.69) is 0 Å². The van der Waals surface area contributed by atoms with Crippen molar-refractivity contribution in [2.24, 2.45) is 5.41 Å². The standard InChI is InChI=1S/C19H25NO3/c1-13-15(14-10-8-7-9-11-14)16(21)20(12-23-13)19(5,6)17(22)18(2,3)4/h7-11H,12H2,1-6H3. The van der Waals surface area contributed by atoms with Gasteiger partial charge < -0.3 is 4.74 Å². The molecule has 1 heterocycles. The predicted molar refractivity (Wildman–Crippen MR) is 90.4 cm³/mol. The third-order valence-electron chi connectivity index (χ3n) is 4.20. The van der Waals surface area contributed by atoms with Crippen molar-refractivity contribution in [2.45, 2.75) is 47.1 Å². The van der Waals surface area contributed by atoms with E-state index in [-0.39, 0.29) is 18.4 Å². The minimum atomic E-state index is -0.934. The number of carbonyl (C=O) groups excluding carboxylic acids is 2. The topological polar surface area (TPSA) is 46.6 Å². The van der Waals surface area contributed by atoms with Crippen LogP contribution in [0.4, 0.5) is 0 Å². The molecule has 0 spiro atoms. The fraction of sp³-hybridized carbons (Fsp3) is 0.474. The molecule has 1 amide bonds. The van der Waals surface area contributed by atoms with Crippen LogP contribution in [-0.4, -0.2) is 28.9 Å². The van der Waals surface area contributed by atoms with E-state index in [1.807, 2.05) is 51.1 Å². The largest absolute Gasteiger partial charge is 0.477 e. The van der Waals surface area contributed by atoms with Crippen molar-refractivity contribution in [3.63, 3.8) is 0 Å². The summed E-state index contributed by atoms with van der Waals surface area (Å²) in [5.41, 5.74) is -0.145. The zero-order valence-corrected chi connectivity index (χ0v) is 14.8. The van der Waals surface area contributed by atoms with E-state index in [1.54, 1.807) is 20.8 Å². The Morgan fingerprint density at radius 2 is 1.65 bits per heavy atom. The summed E-state index contributed by atoms with van der Waals surface area (Å²) in [7, 11) is 0. The molecule has 0 atom stereocenters. The summed E-state index contributed by atoms with van der Waals surface area (Å²) < 4.78 is 5.71. The first-order chi connectivity index (χ1) is 10.6. The summed E-state index contributed by atoms with van der Waals surface area (Å²) in [5, 5.41) is 0. The molecule has 0 radical (unpaired) electrons. The van der Waals surface area contributed by atoms with Gasteiger partial charge in [0, 0.05) is 5.41 Å². The second kappa shape index (κ2) is 5.84. The van der Waals surface area contributed by atoms with Gasteiger partial charge in [-0.15, -0.1) is 0 Å². The van der Waals surface area contributed by atoms with Crippen LogP contribution in [0.25, 0.3) is 5.57 Å². The van der Waals surface area contributed by atoms with Crippen LogP contribution < -0.4 is 0 Å². The number of benzene rings is 1. The molecule has 2 rings (SSSR count). The van der Waals surface area contributed by atoms with Gasteiger partial charge in [0.25, 0.3) is 5.91 Å². The molecule has 0 N–H and O–H groups in total. The van der Waals surface area contributed by atoms with Gasteiger partial charge in [-0.1, -0.05) is 51.1 Å². The first-order valence-electron chi connectivity index (χ1n) is 7.83. The highest BCUT2D eigenvalue weighted by molar-refractivity contribution is 6.21. The van der Waals surface area contributed by atoms with E-state index >= 15 is 0 Å². The molecule has 4 nitrogen and oxygen atoms in total. The summed E-state index contributed by atoms with van der Waals surface area (Å²) >= 11 is 0. The SMILES string of the molecule is CC1=C(c2ccccc2)C(=O)N(C(C)(C)C(=O)C(C)(C)C)CO1. The van der Waals surface area contributed by atoms with Crippen molar-refractivity contribution >= 4 is 17.3 Å². The Labute approximate surface area is 138 Å². The Kier molecular flexibility index (Phi) is 4.38. The zero-order chi connectivity index (χ0) is 17.4. The molecule has 4 heteroatoms. The fourth-order valence-corrected chi connectivity index (χ4v) is 2.96. The summed E-state index contributed by atoms with van der Waals surface area (Å²) in [6, 6.07) is 9.42. The second-order valence-corrected chi connectivity index (χ2v) is 7.44. The molecule has 1 aromatic rings. The quantitative estimate of drug-likeness (QED) is 0.855. The Morgan fingerprint density at radius 1 is 1.09 bits per heavy atom. The molecule has 0 fully saturated rings. The molecule has 0 saturated heterocycles. The molecule has 0 aromatic heterocycles. The lowest BCUT2D eigenvalue weighted by Gasteiger charge is -2.42. The maximum atomic E-state index is 13.1. The van der Waals surface area contributed by atoms with Crippen molar-refractivity contribution < 1.29 is 14.3 Å². The van der Waals surface area contributed by atoms with Crippen molar-refractivity contribution in [1.29, 1.82) is 0 Å². The van der Waals surface area contributed by atoms with E-state index in [4.69, 9.17) is 4.74 Å². The number of hydrogen-bond donors (Lipinski definition) is 0. The van der Waals surface area contributed by atoms with Crippen molar-refractivity contribution in [3.05, 3.63) is 41.7 Å². The van der Waals surface area contributed by atoms with Crippen molar-refractivity contribution in [2.75, 3.05) is 6.73 Å². The van der Waals surface area contributed by atoms with Crippen LogP contribution in [0.5, 0.6) is 0 Å². The number of carbonyl (C=O) groups is 2. The van der Waals surface area contributed by atoms with Gasteiger partial charge in [0.2, 0.25) is 0 Å². The van der Waals surface area contributed by atoms with Crippen LogP contribution in [0.3, 0.4) is 0 Å². The lowest BCUT2D eigenvalue weighted by molar-refractivity contribution is -0.152. The average molecular weight is 315 g/mol. The van der Waals surface area contributed by atoms with Crippen LogP contribution in [0.15, 0.2) is 36.1 Å². The van der Waals surface area contributed by atoms with Gasteiger partial charge in [-0.3, -0.25) is 14.5 Å². The maximum Gasteiger partial charge on any atom is 0.261 e. The number of amides is 1. The van der Waals surface area contributed by atoms with Gasteiger partial charge in [0.05, 0.1) is 11.1 Å². The minimum Gasteiger partial charge on any atom is -0.477 e. The third-order valence-corrected chi connectivity index (χ3v) is 4.20. The van der Waals surface area contributed by atoms with Crippen LogP contribution in [0.1, 0.15) is 47.1 Å². The Balaban J connectivity index is 2.42. The number of allylic oxidation sites excluding steroid dienone is 1. The van der Waals surface area contributed by atoms with Crippen molar-refractivity contribution in [3.8, 4) is 0 Å². The lowest BCUT2D eigenvalue weighted by Crippen LogP contribution is -2.58. The van der Waals surface area contributed by atoms with Gasteiger partial charge in [-0.2, -0.15) is 0 Å². The monoisotopic (exact) mass is 315 g/mol. The Bertz CT molecular complexity index is 651. The number of hydrogen-bond acceptors (Lipinski definition) is 3. The fourth-order valence-electron chi connectivity index (χ4n) is 2.96. The van der Waals surface area contributed by atoms with Crippen LogP contribution in [0, 0.1) is 5.41 Å². The van der Waals surface area contributed by atoms with Gasteiger partial charge in [0.15, 0.2) is 12.5 Å². The summed E-state index contributed by atoms with van der Waals surface area (Å²) in [6.07, 6.45) is 0. The summed E-state index contributed by atoms with van der Waals surface area (Å²) in [4.78, 5) is 27.4. The predicted octanol–water partition coefficient (Wildman–Crippen LogP) is 3.63. The van der Waals surface area contributed by atoms with Crippen molar-refractivity contribution in [1.82, 2.24) is 4.90 Å². The second-order valence-electron chi connectivity index (χ2n) is 7.44. The zero-order valence-electron chi connectivity index (χ0n) is 14.8. The highest BCUT2D eigenvalue weighted by Crippen LogP contribution is 2.34. The third kappa shape index (κ3) is 3.16. The minimum absolute atomic E-state index is 0.00825. The first kappa shape index (κ1) is 17.3. The highest BCUT2D eigenvalue weighted by atomic mass is 16.5. The molecular weight excluding hydrogens is 290 g/mol. The molecule has 1 aliphatic rings. The van der Waals surface area contributed by atoms with E-state index in [9.17, 15) is 9.59 Å². The van der Waals surface area contributed by atoms with Gasteiger partial charge in [-0.25, -0.2) is 0 Å². The van der Waals surface area contributed by atoms with E-state index in [0.717, 1.165) is 5.56 Å². The van der Waals surface area contributed by atoms with Crippen LogP contribution >= 0.6 is 0 Å². The maximum absolute atomic E-state index is 13.1. The number of Topliss-reactive ketones (excluding diaryl/α,β-unsaturated/α-hetero) is 1. The number of rotatable bonds is 3. The van der Waals surface area contributed by atoms with Crippen LogP contribution in [-0.2, 0) is 14.3 Å². The Hall–Kier alpha value is -2.10. The number of ether oxygens (including phenoxy) is 1. The van der Waals surface area contributed by atoms with E-state index in [1.165, 1.54) is 4.90 Å². The molecule has 1 aliphatic heterocycles. The molecule has 0 aliphatic carbocycles. The molecular formula is C19H25NO3. The molecule has 23 heavy (non-hydrogen) atoms. The first-order valence-corrected chi connectivity index (χ1v) is 7.83. The van der Waals surface area contributed by atoms with Crippen LogP contribution in [0.2, 0.25) is 0 Å². The summed E-state index contributed by atoms with van der Waals surface area (Å²) in [5.74, 6) is 0.438.